The monoisotopic (exact) mass is 490 g/mol. The SMILES string of the molecule is CCCCOc1ccc(C(=O)NNC(=O)c2cnn(-c3ccc(C)cc3)c2C(F)(F)F)cc1OC. The maximum atomic E-state index is 13.8. The summed E-state index contributed by atoms with van der Waals surface area (Å²) in [6.45, 7) is 4.29. The third kappa shape index (κ3) is 6.11. The first-order valence-electron chi connectivity index (χ1n) is 10.8. The normalized spacial score (nSPS) is 11.1. The molecule has 0 aliphatic carbocycles. The van der Waals surface area contributed by atoms with E-state index in [1.165, 1.54) is 31.4 Å². The van der Waals surface area contributed by atoms with Gasteiger partial charge in [-0.25, -0.2) is 4.68 Å². The number of carbonyl (C=O) groups excluding carboxylic acids is 2. The van der Waals surface area contributed by atoms with Gasteiger partial charge in [0.15, 0.2) is 17.2 Å². The Bertz CT molecular complexity index is 1190. The molecule has 2 amide bonds. The molecule has 0 saturated heterocycles. The summed E-state index contributed by atoms with van der Waals surface area (Å²) in [7, 11) is 1.41. The number of benzene rings is 2. The average molecular weight is 490 g/mol. The van der Waals surface area contributed by atoms with Gasteiger partial charge in [0.05, 0.1) is 31.2 Å². The Morgan fingerprint density at radius 3 is 2.34 bits per heavy atom. The highest BCUT2D eigenvalue weighted by atomic mass is 19.4. The number of carbonyl (C=O) groups is 2. The zero-order chi connectivity index (χ0) is 25.6. The molecule has 0 radical (unpaired) electrons. The van der Waals surface area contributed by atoms with Crippen LogP contribution in [0.2, 0.25) is 0 Å². The summed E-state index contributed by atoms with van der Waals surface area (Å²) in [6.07, 6.45) is -2.28. The zero-order valence-corrected chi connectivity index (χ0v) is 19.4. The van der Waals surface area contributed by atoms with Gasteiger partial charge in [0.1, 0.15) is 0 Å². The van der Waals surface area contributed by atoms with Crippen molar-refractivity contribution in [1.29, 1.82) is 0 Å². The number of alkyl halides is 3. The van der Waals surface area contributed by atoms with E-state index in [0.717, 1.165) is 24.6 Å². The van der Waals surface area contributed by atoms with Crippen molar-refractivity contribution in [3.05, 3.63) is 71.0 Å². The largest absolute Gasteiger partial charge is 0.493 e. The van der Waals surface area contributed by atoms with Crippen LogP contribution in [-0.2, 0) is 6.18 Å². The Kier molecular flexibility index (Phi) is 8.00. The second kappa shape index (κ2) is 10.9. The number of halogens is 3. The predicted octanol–water partition coefficient (Wildman–Crippen LogP) is 4.46. The summed E-state index contributed by atoms with van der Waals surface area (Å²) in [5, 5.41) is 3.74. The van der Waals surface area contributed by atoms with Crippen molar-refractivity contribution >= 4 is 11.8 Å². The number of rotatable bonds is 8. The Hall–Kier alpha value is -4.02. The van der Waals surface area contributed by atoms with Gasteiger partial charge < -0.3 is 9.47 Å². The molecule has 35 heavy (non-hydrogen) atoms. The molecule has 0 fully saturated rings. The Morgan fingerprint density at radius 1 is 1.03 bits per heavy atom. The molecule has 0 atom stereocenters. The first-order chi connectivity index (χ1) is 16.7. The van der Waals surface area contributed by atoms with Crippen LogP contribution in [0.3, 0.4) is 0 Å². The van der Waals surface area contributed by atoms with Gasteiger partial charge >= 0.3 is 6.18 Å². The number of nitrogens with one attached hydrogen (secondary N) is 2. The minimum atomic E-state index is -4.88. The fourth-order valence-corrected chi connectivity index (χ4v) is 3.18. The van der Waals surface area contributed by atoms with Crippen molar-refractivity contribution in [3.8, 4) is 17.2 Å². The van der Waals surface area contributed by atoms with Gasteiger partial charge in [0, 0.05) is 5.56 Å². The zero-order valence-electron chi connectivity index (χ0n) is 19.4. The predicted molar refractivity (Wildman–Crippen MR) is 122 cm³/mol. The second-order valence-electron chi connectivity index (χ2n) is 7.63. The van der Waals surface area contributed by atoms with E-state index in [2.05, 4.69) is 10.5 Å². The Labute approximate surface area is 200 Å². The van der Waals surface area contributed by atoms with Gasteiger partial charge in [-0.05, 0) is 43.7 Å². The first kappa shape index (κ1) is 25.6. The van der Waals surface area contributed by atoms with Crippen LogP contribution in [0.25, 0.3) is 5.69 Å². The van der Waals surface area contributed by atoms with E-state index < -0.39 is 29.2 Å². The van der Waals surface area contributed by atoms with Gasteiger partial charge in [-0.15, -0.1) is 0 Å². The number of hydrazine groups is 1. The van der Waals surface area contributed by atoms with Crippen molar-refractivity contribution < 1.29 is 32.2 Å². The van der Waals surface area contributed by atoms with E-state index in [0.29, 0.717) is 22.8 Å². The van der Waals surface area contributed by atoms with Crippen LogP contribution in [0.15, 0.2) is 48.7 Å². The lowest BCUT2D eigenvalue weighted by atomic mass is 10.2. The molecule has 0 saturated carbocycles. The van der Waals surface area contributed by atoms with Crippen molar-refractivity contribution in [1.82, 2.24) is 20.6 Å². The number of hydrogen-bond acceptors (Lipinski definition) is 5. The number of amides is 2. The van der Waals surface area contributed by atoms with Gasteiger partial charge in [0.25, 0.3) is 11.8 Å². The number of unbranched alkanes of at least 4 members (excludes halogenated alkanes) is 1. The van der Waals surface area contributed by atoms with Crippen molar-refractivity contribution in [2.45, 2.75) is 32.9 Å². The fourth-order valence-electron chi connectivity index (χ4n) is 3.18. The summed E-state index contributed by atoms with van der Waals surface area (Å²) in [6, 6.07) is 10.6. The van der Waals surface area contributed by atoms with E-state index in [1.54, 1.807) is 25.1 Å². The van der Waals surface area contributed by atoms with Crippen LogP contribution in [-0.4, -0.2) is 35.3 Å². The van der Waals surface area contributed by atoms with Crippen molar-refractivity contribution in [2.75, 3.05) is 13.7 Å². The maximum Gasteiger partial charge on any atom is 0.434 e. The van der Waals surface area contributed by atoms with Gasteiger partial charge in [-0.1, -0.05) is 31.0 Å². The highest BCUT2D eigenvalue weighted by Crippen LogP contribution is 2.33. The fraction of sp³-hybridized carbons (Fsp3) is 0.292. The summed E-state index contributed by atoms with van der Waals surface area (Å²) < 4.78 is 52.9. The number of hydrogen-bond donors (Lipinski definition) is 2. The number of ether oxygens (including phenoxy) is 2. The third-order valence-electron chi connectivity index (χ3n) is 5.03. The first-order valence-corrected chi connectivity index (χ1v) is 10.8. The molecule has 3 rings (SSSR count). The molecule has 0 unspecified atom stereocenters. The Balaban J connectivity index is 1.76. The molecule has 1 heterocycles. The van der Waals surface area contributed by atoms with Crippen LogP contribution in [0.5, 0.6) is 11.5 Å². The minimum absolute atomic E-state index is 0.108. The average Bonchev–Trinajstić information content (AvgIpc) is 3.29. The molecule has 0 aliphatic rings. The van der Waals surface area contributed by atoms with Crippen LogP contribution < -0.4 is 20.3 Å². The van der Waals surface area contributed by atoms with E-state index in [9.17, 15) is 22.8 Å². The molecule has 1 aromatic heterocycles. The number of aromatic nitrogens is 2. The number of methoxy groups -OCH3 is 1. The topological polar surface area (TPSA) is 94.5 Å². The summed E-state index contributed by atoms with van der Waals surface area (Å²) in [5.41, 5.74) is 3.23. The smallest absolute Gasteiger partial charge is 0.434 e. The lowest BCUT2D eigenvalue weighted by Crippen LogP contribution is -2.42. The quantitative estimate of drug-likeness (QED) is 0.359. The van der Waals surface area contributed by atoms with Crippen LogP contribution in [0.1, 0.15) is 51.7 Å². The number of aryl methyl sites for hydroxylation is 1. The van der Waals surface area contributed by atoms with E-state index in [-0.39, 0.29) is 11.3 Å². The van der Waals surface area contributed by atoms with E-state index in [4.69, 9.17) is 9.47 Å². The minimum Gasteiger partial charge on any atom is -0.493 e. The van der Waals surface area contributed by atoms with E-state index >= 15 is 0 Å². The summed E-state index contributed by atoms with van der Waals surface area (Å²) >= 11 is 0. The van der Waals surface area contributed by atoms with Crippen LogP contribution >= 0.6 is 0 Å². The molecule has 2 aromatic carbocycles. The molecule has 186 valence electrons. The lowest BCUT2D eigenvalue weighted by Gasteiger charge is -2.14. The third-order valence-corrected chi connectivity index (χ3v) is 5.03. The van der Waals surface area contributed by atoms with Crippen molar-refractivity contribution in [3.63, 3.8) is 0 Å². The summed E-state index contributed by atoms with van der Waals surface area (Å²) in [5.74, 6) is -1.18. The Morgan fingerprint density at radius 2 is 1.71 bits per heavy atom. The van der Waals surface area contributed by atoms with Crippen LogP contribution in [0.4, 0.5) is 13.2 Å². The maximum absolute atomic E-state index is 13.8. The molecular weight excluding hydrogens is 465 g/mol. The van der Waals surface area contributed by atoms with E-state index in [1.807, 2.05) is 12.3 Å². The highest BCUT2D eigenvalue weighted by molar-refractivity contribution is 6.00. The molecule has 8 nitrogen and oxygen atoms in total. The lowest BCUT2D eigenvalue weighted by molar-refractivity contribution is -0.143. The van der Waals surface area contributed by atoms with Gasteiger partial charge in [-0.2, -0.15) is 18.3 Å². The molecule has 3 aromatic rings. The second-order valence-corrected chi connectivity index (χ2v) is 7.63. The molecule has 0 aliphatic heterocycles. The number of nitrogens with zero attached hydrogens (tertiary/aromatic N) is 2. The van der Waals surface area contributed by atoms with Crippen LogP contribution in [0, 0.1) is 6.92 Å². The molecule has 2 N–H and O–H groups in total. The molecule has 0 bridgehead atoms. The molecular formula is C24H25F3N4O4. The standard InChI is InChI=1S/C24H25F3N4O4/c1-4-5-12-35-19-11-8-16(13-20(19)34-3)22(32)29-30-23(33)18-14-28-31(21(18)24(25,26)27)17-9-6-15(2)7-10-17/h6-11,13-14H,4-5,12H2,1-3H3,(H,29,32)(H,30,33). The summed E-state index contributed by atoms with van der Waals surface area (Å²) in [4.78, 5) is 25.0. The van der Waals surface area contributed by atoms with Gasteiger partial charge in [-0.3, -0.25) is 20.4 Å². The van der Waals surface area contributed by atoms with Crippen molar-refractivity contribution in [2.24, 2.45) is 0 Å². The molecule has 11 heteroatoms. The highest BCUT2D eigenvalue weighted by Gasteiger charge is 2.40. The molecule has 0 spiro atoms. The van der Waals surface area contributed by atoms with Gasteiger partial charge in [0.2, 0.25) is 0 Å².